The molecule has 0 atom stereocenters. The molecule has 3 aromatic carbocycles. The van der Waals surface area contributed by atoms with Crippen molar-refractivity contribution in [1.29, 1.82) is 0 Å². The maximum Gasteiger partial charge on any atom is 0.270 e. The summed E-state index contributed by atoms with van der Waals surface area (Å²) in [5.41, 5.74) is 13.3. The Morgan fingerprint density at radius 1 is 0.931 bits per heavy atom. The van der Waals surface area contributed by atoms with E-state index in [1.165, 1.54) is 6.33 Å². The number of hydrazine groups is 1. The van der Waals surface area contributed by atoms with Gasteiger partial charge < -0.3 is 11.1 Å². The number of rotatable bonds is 5. The van der Waals surface area contributed by atoms with E-state index in [9.17, 15) is 4.79 Å². The summed E-state index contributed by atoms with van der Waals surface area (Å²) in [6.45, 7) is 0. The molecule has 29 heavy (non-hydrogen) atoms. The zero-order chi connectivity index (χ0) is 20.2. The Bertz CT molecular complexity index is 1190. The Morgan fingerprint density at radius 3 is 2.55 bits per heavy atom. The Balaban J connectivity index is 1.52. The fourth-order valence-electron chi connectivity index (χ4n) is 2.90. The number of nitrogen functional groups attached to an aromatic ring is 1. The molecule has 5 N–H and O–H groups in total. The Kier molecular flexibility index (Phi) is 5.26. The molecule has 1 amide bonds. The SMILES string of the molecule is Nc1c(NNC(=O)c2cccc3ccccc23)ncnc1Nc1cccc(Br)c1. The normalized spacial score (nSPS) is 10.5. The molecular formula is C21H17BrN6O. The summed E-state index contributed by atoms with van der Waals surface area (Å²) in [7, 11) is 0. The number of halogens is 1. The first kappa shape index (κ1) is 18.7. The van der Waals surface area contributed by atoms with Crippen LogP contribution in [0.5, 0.6) is 0 Å². The van der Waals surface area contributed by atoms with Gasteiger partial charge in [0.2, 0.25) is 0 Å². The predicted octanol–water partition coefficient (Wildman–Crippen LogP) is 4.48. The lowest BCUT2D eigenvalue weighted by Gasteiger charge is -2.14. The van der Waals surface area contributed by atoms with Crippen LogP contribution < -0.4 is 21.9 Å². The molecule has 0 saturated carbocycles. The molecule has 0 radical (unpaired) electrons. The van der Waals surface area contributed by atoms with Crippen molar-refractivity contribution in [3.8, 4) is 0 Å². The van der Waals surface area contributed by atoms with Crippen molar-refractivity contribution in [1.82, 2.24) is 15.4 Å². The van der Waals surface area contributed by atoms with Crippen LogP contribution in [-0.4, -0.2) is 15.9 Å². The second kappa shape index (κ2) is 8.15. The number of aromatic nitrogens is 2. The molecule has 0 bridgehead atoms. The molecule has 1 aromatic heterocycles. The summed E-state index contributed by atoms with van der Waals surface area (Å²) in [5, 5.41) is 4.99. The first-order valence-electron chi connectivity index (χ1n) is 8.79. The molecule has 4 aromatic rings. The van der Waals surface area contributed by atoms with Crippen LogP contribution >= 0.6 is 15.9 Å². The maximum atomic E-state index is 12.7. The van der Waals surface area contributed by atoms with E-state index < -0.39 is 0 Å². The Hall–Kier alpha value is -3.65. The van der Waals surface area contributed by atoms with E-state index >= 15 is 0 Å². The molecule has 8 heteroatoms. The van der Waals surface area contributed by atoms with Crippen LogP contribution in [0.1, 0.15) is 10.4 Å². The first-order valence-corrected chi connectivity index (χ1v) is 9.58. The number of fused-ring (bicyclic) bond motifs is 1. The number of nitrogens with two attached hydrogens (primary N) is 1. The van der Waals surface area contributed by atoms with Crippen molar-refractivity contribution in [3.63, 3.8) is 0 Å². The Morgan fingerprint density at radius 2 is 1.69 bits per heavy atom. The summed E-state index contributed by atoms with van der Waals surface area (Å²) >= 11 is 3.42. The van der Waals surface area contributed by atoms with Gasteiger partial charge in [-0.1, -0.05) is 58.4 Å². The predicted molar refractivity (Wildman–Crippen MR) is 119 cm³/mol. The molecule has 0 saturated heterocycles. The second-order valence-electron chi connectivity index (χ2n) is 6.23. The third-order valence-electron chi connectivity index (χ3n) is 4.30. The summed E-state index contributed by atoms with van der Waals surface area (Å²) in [6.07, 6.45) is 1.36. The van der Waals surface area contributed by atoms with Crippen molar-refractivity contribution < 1.29 is 4.79 Å². The van der Waals surface area contributed by atoms with Crippen molar-refractivity contribution in [2.24, 2.45) is 0 Å². The highest BCUT2D eigenvalue weighted by Gasteiger charge is 2.12. The van der Waals surface area contributed by atoms with Crippen molar-refractivity contribution in [3.05, 3.63) is 83.1 Å². The minimum atomic E-state index is -0.290. The van der Waals surface area contributed by atoms with E-state index in [0.29, 0.717) is 17.2 Å². The van der Waals surface area contributed by atoms with Crippen LogP contribution in [0.3, 0.4) is 0 Å². The van der Waals surface area contributed by atoms with Crippen LogP contribution in [0.15, 0.2) is 77.5 Å². The number of hydrogen-bond acceptors (Lipinski definition) is 6. The lowest BCUT2D eigenvalue weighted by atomic mass is 10.0. The standard InChI is InChI=1S/C21H17BrN6O/c22-14-7-4-8-15(11-14)26-19-18(23)20(25-12-24-19)27-28-21(29)17-10-3-6-13-5-1-2-9-16(13)17/h1-12H,23H2,(H,28,29)(H2,24,25,26,27). The van der Waals surface area contributed by atoms with Gasteiger partial charge in [-0.05, 0) is 35.0 Å². The third-order valence-corrected chi connectivity index (χ3v) is 4.79. The molecular weight excluding hydrogens is 432 g/mol. The number of benzene rings is 3. The van der Waals surface area contributed by atoms with Crippen LogP contribution in [0, 0.1) is 0 Å². The number of carbonyl (C=O) groups excluding carboxylic acids is 1. The van der Waals surface area contributed by atoms with Gasteiger partial charge in [-0.3, -0.25) is 15.6 Å². The van der Waals surface area contributed by atoms with Gasteiger partial charge in [-0.2, -0.15) is 0 Å². The van der Waals surface area contributed by atoms with Gasteiger partial charge in [-0.15, -0.1) is 0 Å². The number of amides is 1. The number of anilines is 4. The van der Waals surface area contributed by atoms with E-state index in [4.69, 9.17) is 5.73 Å². The van der Waals surface area contributed by atoms with Gasteiger partial charge >= 0.3 is 0 Å². The van der Waals surface area contributed by atoms with Crippen molar-refractivity contribution >= 4 is 55.6 Å². The second-order valence-corrected chi connectivity index (χ2v) is 7.14. The highest BCUT2D eigenvalue weighted by Crippen LogP contribution is 2.26. The largest absolute Gasteiger partial charge is 0.393 e. The van der Waals surface area contributed by atoms with E-state index in [1.54, 1.807) is 6.07 Å². The molecule has 0 unspecified atom stereocenters. The van der Waals surface area contributed by atoms with Crippen LogP contribution in [0.25, 0.3) is 10.8 Å². The highest BCUT2D eigenvalue weighted by atomic mass is 79.9. The van der Waals surface area contributed by atoms with Crippen molar-refractivity contribution in [2.45, 2.75) is 0 Å². The monoisotopic (exact) mass is 448 g/mol. The molecule has 7 nitrogen and oxygen atoms in total. The van der Waals surface area contributed by atoms with Crippen LogP contribution in [0.4, 0.5) is 23.0 Å². The van der Waals surface area contributed by atoms with Gasteiger partial charge in [0.05, 0.1) is 0 Å². The van der Waals surface area contributed by atoms with Crippen LogP contribution in [0.2, 0.25) is 0 Å². The Labute approximate surface area is 175 Å². The fraction of sp³-hybridized carbons (Fsp3) is 0. The lowest BCUT2D eigenvalue weighted by Crippen LogP contribution is -2.30. The highest BCUT2D eigenvalue weighted by molar-refractivity contribution is 9.10. The van der Waals surface area contributed by atoms with Crippen LogP contribution in [-0.2, 0) is 0 Å². The smallest absolute Gasteiger partial charge is 0.270 e. The van der Waals surface area contributed by atoms with E-state index in [1.807, 2.05) is 60.7 Å². The van der Waals surface area contributed by atoms with E-state index in [0.717, 1.165) is 20.9 Å². The quantitative estimate of drug-likeness (QED) is 0.335. The summed E-state index contributed by atoms with van der Waals surface area (Å²) in [6, 6.07) is 20.9. The van der Waals surface area contributed by atoms with Crippen molar-refractivity contribution in [2.75, 3.05) is 16.5 Å². The molecule has 144 valence electrons. The van der Waals surface area contributed by atoms with E-state index in [2.05, 4.69) is 42.1 Å². The molecule has 1 heterocycles. The zero-order valence-electron chi connectivity index (χ0n) is 15.2. The lowest BCUT2D eigenvalue weighted by molar-refractivity contribution is 0.0964. The molecule has 0 fully saturated rings. The number of nitrogens with one attached hydrogen (secondary N) is 3. The average molecular weight is 449 g/mol. The third kappa shape index (κ3) is 4.12. The molecule has 0 spiro atoms. The number of nitrogens with zero attached hydrogens (tertiary/aromatic N) is 2. The van der Waals surface area contributed by atoms with Gasteiger partial charge in [0.25, 0.3) is 5.91 Å². The van der Waals surface area contributed by atoms with Gasteiger partial charge in [0, 0.05) is 15.7 Å². The minimum absolute atomic E-state index is 0.283. The number of hydrogen-bond donors (Lipinski definition) is 4. The maximum absolute atomic E-state index is 12.7. The fourth-order valence-corrected chi connectivity index (χ4v) is 3.30. The summed E-state index contributed by atoms with van der Waals surface area (Å²) < 4.78 is 0.927. The molecule has 0 aliphatic heterocycles. The first-order chi connectivity index (χ1) is 14.1. The topological polar surface area (TPSA) is 105 Å². The van der Waals surface area contributed by atoms with Gasteiger partial charge in [0.1, 0.15) is 12.0 Å². The van der Waals surface area contributed by atoms with E-state index in [-0.39, 0.29) is 11.6 Å². The molecule has 0 aliphatic carbocycles. The number of carbonyl (C=O) groups is 1. The minimum Gasteiger partial charge on any atom is -0.393 e. The van der Waals surface area contributed by atoms with Gasteiger partial charge in [0.15, 0.2) is 11.6 Å². The van der Waals surface area contributed by atoms with Gasteiger partial charge in [-0.25, -0.2) is 9.97 Å². The zero-order valence-corrected chi connectivity index (χ0v) is 16.8. The average Bonchev–Trinajstić information content (AvgIpc) is 2.74. The summed E-state index contributed by atoms with van der Waals surface area (Å²) in [4.78, 5) is 21.0. The molecule has 0 aliphatic rings. The summed E-state index contributed by atoms with van der Waals surface area (Å²) in [5.74, 6) is 0.437. The molecule has 4 rings (SSSR count).